The fraction of sp³-hybridized carbons (Fsp3) is 0. The second-order valence-corrected chi connectivity index (χ2v) is 27.7. The lowest BCUT2D eigenvalue weighted by molar-refractivity contribution is 1.01. The molecule has 7 heterocycles. The third-order valence-electron chi connectivity index (χ3n) is 22.7. The number of fused-ring (bicyclic) bond motifs is 21. The molecule has 1 aliphatic rings. The molecule has 103 heavy (non-hydrogen) atoms. The summed E-state index contributed by atoms with van der Waals surface area (Å²) in [7, 11) is 0. The molecular weight excluding hydrogens is 1250 g/mol. The van der Waals surface area contributed by atoms with Crippen LogP contribution in [0.5, 0.6) is 0 Å². The average molecular weight is 1310 g/mol. The zero-order valence-electron chi connectivity index (χ0n) is 55.8. The largest absolute Gasteiger partial charge is 0.309 e. The van der Waals surface area contributed by atoms with E-state index in [1.807, 2.05) is 0 Å². The van der Waals surface area contributed by atoms with Crippen LogP contribution in [0.3, 0.4) is 0 Å². The molecule has 0 radical (unpaired) electrons. The Morgan fingerprint density at radius 1 is 0.165 bits per heavy atom. The van der Waals surface area contributed by atoms with Crippen LogP contribution in [0.15, 0.2) is 358 Å². The fourth-order valence-electron chi connectivity index (χ4n) is 18.6. The molecule has 1 aliphatic heterocycles. The van der Waals surface area contributed by atoms with Crippen molar-refractivity contribution in [2.75, 3.05) is 0 Å². The van der Waals surface area contributed by atoms with E-state index in [4.69, 9.17) is 0 Å². The van der Waals surface area contributed by atoms with E-state index >= 15 is 0 Å². The van der Waals surface area contributed by atoms with Gasteiger partial charge in [0.1, 0.15) is 0 Å². The van der Waals surface area contributed by atoms with E-state index in [1.165, 1.54) is 92.4 Å². The van der Waals surface area contributed by atoms with E-state index in [0.29, 0.717) is 0 Å². The molecular formula is C96H59BN6. The highest BCUT2D eigenvalue weighted by Gasteiger charge is 2.43. The molecule has 23 rings (SSSR count). The zero-order valence-corrected chi connectivity index (χ0v) is 55.8. The number of rotatable bonds is 8. The molecule has 0 saturated carbocycles. The predicted molar refractivity (Wildman–Crippen MR) is 434 cm³/mol. The maximum Gasteiger partial charge on any atom is 0.248 e. The van der Waals surface area contributed by atoms with Crippen molar-refractivity contribution in [2.45, 2.75) is 0 Å². The summed E-state index contributed by atoms with van der Waals surface area (Å²) in [4.78, 5) is 0. The lowest BCUT2D eigenvalue weighted by Gasteiger charge is -2.33. The highest BCUT2D eigenvalue weighted by atomic mass is 15.2. The van der Waals surface area contributed by atoms with Crippen LogP contribution >= 0.6 is 0 Å². The Labute approximate surface area is 591 Å². The minimum absolute atomic E-state index is 0.329. The third-order valence-corrected chi connectivity index (χ3v) is 22.7. The molecule has 0 spiro atoms. The van der Waals surface area contributed by atoms with Gasteiger partial charge >= 0.3 is 0 Å². The van der Waals surface area contributed by atoms with Gasteiger partial charge in [0.25, 0.3) is 0 Å². The smallest absolute Gasteiger partial charge is 0.248 e. The molecule has 0 aliphatic carbocycles. The molecule has 6 nitrogen and oxygen atoms in total. The van der Waals surface area contributed by atoms with Crippen LogP contribution in [-0.2, 0) is 0 Å². The Hall–Kier alpha value is -13.6. The minimum Gasteiger partial charge on any atom is -0.309 e. The summed E-state index contributed by atoms with van der Waals surface area (Å²) >= 11 is 0. The first kappa shape index (κ1) is 56.3. The van der Waals surface area contributed by atoms with Crippen LogP contribution in [0, 0.1) is 0 Å². The van der Waals surface area contributed by atoms with Crippen molar-refractivity contribution in [3.05, 3.63) is 358 Å². The average Bonchev–Trinajstić information content (AvgIpc) is 1.62. The van der Waals surface area contributed by atoms with E-state index in [9.17, 15) is 0 Å². The number of hydrogen-bond acceptors (Lipinski definition) is 0. The first-order chi connectivity index (χ1) is 51.2. The van der Waals surface area contributed by atoms with Crippen LogP contribution in [0.2, 0.25) is 0 Å². The van der Waals surface area contributed by atoms with Crippen LogP contribution in [0.25, 0.3) is 187 Å². The molecule has 0 saturated heterocycles. The van der Waals surface area contributed by atoms with E-state index in [0.717, 1.165) is 111 Å². The van der Waals surface area contributed by atoms with Crippen molar-refractivity contribution in [1.82, 2.24) is 27.4 Å². The van der Waals surface area contributed by atoms with E-state index in [2.05, 4.69) is 385 Å². The van der Waals surface area contributed by atoms with Crippen molar-refractivity contribution in [3.8, 4) is 56.4 Å². The van der Waals surface area contributed by atoms with Crippen molar-refractivity contribution in [1.29, 1.82) is 0 Å². The highest BCUT2D eigenvalue weighted by molar-refractivity contribution is 7.00. The molecule has 7 heteroatoms. The lowest BCUT2D eigenvalue weighted by atomic mass is 9.38. The first-order valence-corrected chi connectivity index (χ1v) is 35.7. The molecule has 0 amide bonds. The van der Waals surface area contributed by atoms with E-state index in [-0.39, 0.29) is 6.71 Å². The Balaban J connectivity index is 1.00. The molecule has 16 aromatic carbocycles. The van der Waals surface area contributed by atoms with Crippen LogP contribution in [0.1, 0.15) is 0 Å². The quantitative estimate of drug-likeness (QED) is 0.136. The second kappa shape index (κ2) is 21.4. The summed E-state index contributed by atoms with van der Waals surface area (Å²) in [5, 5.41) is 14.2. The number of aromatic nitrogens is 6. The number of benzene rings is 16. The van der Waals surface area contributed by atoms with Crippen molar-refractivity contribution in [3.63, 3.8) is 0 Å². The van der Waals surface area contributed by atoms with Crippen molar-refractivity contribution in [2.24, 2.45) is 0 Å². The summed E-state index contributed by atoms with van der Waals surface area (Å²) in [5.41, 5.74) is 28.4. The van der Waals surface area contributed by atoms with Crippen LogP contribution in [0.4, 0.5) is 0 Å². The normalized spacial score (nSPS) is 12.4. The molecule has 0 fully saturated rings. The van der Waals surface area contributed by atoms with Crippen molar-refractivity contribution >= 4 is 154 Å². The summed E-state index contributed by atoms with van der Waals surface area (Å²) in [6, 6.07) is 135. The number of hydrogen-bond donors (Lipinski definition) is 0. The van der Waals surface area contributed by atoms with Gasteiger partial charge in [0.05, 0.1) is 94.6 Å². The SMILES string of the molecule is c1ccc(-n2c3ccccc3c3cc(-c4ccc5c(c4)c4ccccc4n5-c4c(-n5c6ccccc6c6ccccc65)c(-n5c6ccccc6c6ccccc65)c(B5c6ccccc6-c6ccccc65)c(-n5c6ccccc6c6ccccc65)c4-n4c5ccccc5c5ccccc54)ccc32)cc1. The third kappa shape index (κ3) is 7.72. The molecule has 0 atom stereocenters. The molecule has 22 aromatic rings. The Bertz CT molecular complexity index is 6880. The minimum atomic E-state index is -0.329. The number of para-hydroxylation sites is 11. The van der Waals surface area contributed by atoms with E-state index < -0.39 is 0 Å². The van der Waals surface area contributed by atoms with Gasteiger partial charge in [-0.1, -0.05) is 272 Å². The van der Waals surface area contributed by atoms with Gasteiger partial charge in [0, 0.05) is 70.3 Å². The van der Waals surface area contributed by atoms with Gasteiger partial charge in [0.15, 0.2) is 0 Å². The molecule has 0 N–H and O–H groups in total. The fourth-order valence-corrected chi connectivity index (χ4v) is 18.6. The molecule has 6 aromatic heterocycles. The first-order valence-electron chi connectivity index (χ1n) is 35.7. The van der Waals surface area contributed by atoms with Crippen LogP contribution < -0.4 is 16.4 Å². The maximum absolute atomic E-state index is 2.69. The molecule has 476 valence electrons. The van der Waals surface area contributed by atoms with Gasteiger partial charge in [-0.25, -0.2) is 0 Å². The standard InChI is InChI=1S/C96H59BN6/c1-2-28-62(29-3-1)98-79-44-18-14-40-73(79)75-58-60(54-56-89(75)98)61-55-57-90-76(59-61)74-41-15-27-53-88(74)103(90)96-94(101-84-49-23-10-36-69(84)70-37-11-24-50-85(70)101)92(99-80-45-19-6-32-65(80)66-33-7-20-46-81(66)99)91(97-77-42-16-4-30-63(77)64-31-5-17-43-78(64)97)93(100-82-47-21-8-34-67(82)68-35-9-22-48-83(68)100)95(96)102-86-51-25-12-38-71(86)72-39-13-26-52-87(72)102/h1-59H. The summed E-state index contributed by atoms with van der Waals surface area (Å²) in [5.74, 6) is 0. The van der Waals surface area contributed by atoms with Gasteiger partial charge in [0.2, 0.25) is 6.71 Å². The van der Waals surface area contributed by atoms with Gasteiger partial charge < -0.3 is 27.4 Å². The maximum atomic E-state index is 2.69. The lowest BCUT2D eigenvalue weighted by Crippen LogP contribution is -2.52. The van der Waals surface area contributed by atoms with Crippen LogP contribution in [-0.4, -0.2) is 34.1 Å². The number of nitrogens with zero attached hydrogens (tertiary/aromatic N) is 6. The highest BCUT2D eigenvalue weighted by Crippen LogP contribution is 2.51. The van der Waals surface area contributed by atoms with E-state index in [1.54, 1.807) is 0 Å². The Morgan fingerprint density at radius 2 is 0.388 bits per heavy atom. The molecule has 0 unspecified atom stereocenters. The Morgan fingerprint density at radius 3 is 0.709 bits per heavy atom. The summed E-state index contributed by atoms with van der Waals surface area (Å²) in [6.45, 7) is -0.329. The predicted octanol–water partition coefficient (Wildman–Crippen LogP) is 22.4. The Kier molecular flexibility index (Phi) is 11.7. The zero-order chi connectivity index (χ0) is 67.1. The summed E-state index contributed by atoms with van der Waals surface area (Å²) in [6.07, 6.45) is 0. The molecule has 0 bridgehead atoms. The topological polar surface area (TPSA) is 29.6 Å². The van der Waals surface area contributed by atoms with Gasteiger partial charge in [-0.15, -0.1) is 0 Å². The van der Waals surface area contributed by atoms with Gasteiger partial charge in [-0.3, -0.25) is 0 Å². The van der Waals surface area contributed by atoms with Gasteiger partial charge in [-0.2, -0.15) is 0 Å². The monoisotopic (exact) mass is 1310 g/mol. The van der Waals surface area contributed by atoms with Crippen molar-refractivity contribution < 1.29 is 0 Å². The second-order valence-electron chi connectivity index (χ2n) is 27.7. The summed E-state index contributed by atoms with van der Waals surface area (Å²) < 4.78 is 15.8. The van der Waals surface area contributed by atoms with Gasteiger partial charge in [-0.05, 0) is 125 Å².